The van der Waals surface area contributed by atoms with Crippen molar-refractivity contribution >= 4 is 5.91 Å². The predicted molar refractivity (Wildman–Crippen MR) is 59.0 cm³/mol. The van der Waals surface area contributed by atoms with Gasteiger partial charge in [-0.2, -0.15) is 0 Å². The standard InChI is InChI=1S/C12H21NO/c1-5-10(14)13-12(4)8-6-11(2,3)7-9-12/h5H,1,6-9H2,2-4H3,(H,13,14). The molecular formula is C12H21NO. The van der Waals surface area contributed by atoms with Gasteiger partial charge in [0.15, 0.2) is 0 Å². The van der Waals surface area contributed by atoms with Gasteiger partial charge in [-0.3, -0.25) is 4.79 Å². The van der Waals surface area contributed by atoms with E-state index in [1.807, 2.05) is 0 Å². The Hall–Kier alpha value is -0.790. The minimum Gasteiger partial charge on any atom is -0.347 e. The van der Waals surface area contributed by atoms with Crippen LogP contribution in [0.1, 0.15) is 46.5 Å². The lowest BCUT2D eigenvalue weighted by Crippen LogP contribution is -2.48. The quantitative estimate of drug-likeness (QED) is 0.674. The number of amides is 1. The Labute approximate surface area is 86.8 Å². The first-order valence-electron chi connectivity index (χ1n) is 5.32. The van der Waals surface area contributed by atoms with E-state index in [4.69, 9.17) is 0 Å². The van der Waals surface area contributed by atoms with Gasteiger partial charge in [-0.1, -0.05) is 20.4 Å². The van der Waals surface area contributed by atoms with Gasteiger partial charge in [0.25, 0.3) is 0 Å². The van der Waals surface area contributed by atoms with E-state index in [0.717, 1.165) is 12.8 Å². The largest absolute Gasteiger partial charge is 0.347 e. The Balaban J connectivity index is 2.53. The molecule has 1 aliphatic rings. The molecule has 2 nitrogen and oxygen atoms in total. The van der Waals surface area contributed by atoms with Crippen LogP contribution in [0.5, 0.6) is 0 Å². The van der Waals surface area contributed by atoms with Gasteiger partial charge in [-0.05, 0) is 44.1 Å². The maximum absolute atomic E-state index is 11.2. The van der Waals surface area contributed by atoms with Crippen molar-refractivity contribution in [3.05, 3.63) is 12.7 Å². The molecule has 1 rings (SSSR count). The molecule has 0 aliphatic heterocycles. The molecule has 0 radical (unpaired) electrons. The van der Waals surface area contributed by atoms with E-state index in [9.17, 15) is 4.79 Å². The van der Waals surface area contributed by atoms with Crippen molar-refractivity contribution in [3.63, 3.8) is 0 Å². The Kier molecular flexibility index (Phi) is 3.03. The summed E-state index contributed by atoms with van der Waals surface area (Å²) >= 11 is 0. The van der Waals surface area contributed by atoms with Gasteiger partial charge < -0.3 is 5.32 Å². The zero-order chi connectivity index (χ0) is 10.8. The van der Waals surface area contributed by atoms with Crippen LogP contribution >= 0.6 is 0 Å². The van der Waals surface area contributed by atoms with E-state index in [-0.39, 0.29) is 11.4 Å². The molecule has 14 heavy (non-hydrogen) atoms. The molecule has 1 aliphatic carbocycles. The SMILES string of the molecule is C=CC(=O)NC1(C)CCC(C)(C)CC1. The minimum absolute atomic E-state index is 0.0131. The van der Waals surface area contributed by atoms with E-state index >= 15 is 0 Å². The summed E-state index contributed by atoms with van der Waals surface area (Å²) in [4.78, 5) is 11.2. The van der Waals surface area contributed by atoms with Crippen molar-refractivity contribution in [2.24, 2.45) is 5.41 Å². The highest BCUT2D eigenvalue weighted by Gasteiger charge is 2.35. The molecule has 0 saturated heterocycles. The van der Waals surface area contributed by atoms with Crippen molar-refractivity contribution in [1.82, 2.24) is 5.32 Å². The molecule has 0 unspecified atom stereocenters. The van der Waals surface area contributed by atoms with Crippen LogP contribution in [-0.4, -0.2) is 11.4 Å². The highest BCUT2D eigenvalue weighted by Crippen LogP contribution is 2.39. The third-order valence-electron chi connectivity index (χ3n) is 3.32. The Morgan fingerprint density at radius 2 is 1.71 bits per heavy atom. The van der Waals surface area contributed by atoms with Crippen LogP contribution in [0, 0.1) is 5.41 Å². The monoisotopic (exact) mass is 195 g/mol. The number of carbonyl (C=O) groups excluding carboxylic acids is 1. The normalized spacial score (nSPS) is 23.9. The maximum atomic E-state index is 11.2. The van der Waals surface area contributed by atoms with Crippen molar-refractivity contribution in [3.8, 4) is 0 Å². The van der Waals surface area contributed by atoms with Gasteiger partial charge in [0, 0.05) is 5.54 Å². The van der Waals surface area contributed by atoms with Crippen LogP contribution < -0.4 is 5.32 Å². The average molecular weight is 195 g/mol. The third-order valence-corrected chi connectivity index (χ3v) is 3.32. The molecule has 1 saturated carbocycles. The van der Waals surface area contributed by atoms with Crippen LogP contribution in [0.3, 0.4) is 0 Å². The van der Waals surface area contributed by atoms with Crippen molar-refractivity contribution in [1.29, 1.82) is 0 Å². The number of nitrogens with one attached hydrogen (secondary N) is 1. The molecule has 1 amide bonds. The van der Waals surface area contributed by atoms with Gasteiger partial charge >= 0.3 is 0 Å². The second kappa shape index (κ2) is 3.76. The topological polar surface area (TPSA) is 29.1 Å². The summed E-state index contributed by atoms with van der Waals surface area (Å²) in [5, 5.41) is 3.03. The number of hydrogen-bond acceptors (Lipinski definition) is 1. The molecule has 1 N–H and O–H groups in total. The third kappa shape index (κ3) is 2.86. The minimum atomic E-state index is -0.0489. The Morgan fingerprint density at radius 1 is 1.21 bits per heavy atom. The number of hydrogen-bond donors (Lipinski definition) is 1. The van der Waals surface area contributed by atoms with E-state index < -0.39 is 0 Å². The molecule has 0 atom stereocenters. The second-order valence-corrected chi connectivity index (χ2v) is 5.42. The van der Waals surface area contributed by atoms with E-state index in [1.54, 1.807) is 0 Å². The molecule has 2 heteroatoms. The van der Waals surface area contributed by atoms with Crippen molar-refractivity contribution in [2.75, 3.05) is 0 Å². The van der Waals surface area contributed by atoms with E-state index in [0.29, 0.717) is 5.41 Å². The van der Waals surface area contributed by atoms with Crippen molar-refractivity contribution in [2.45, 2.75) is 52.0 Å². The number of carbonyl (C=O) groups is 1. The Morgan fingerprint density at radius 3 is 2.14 bits per heavy atom. The summed E-state index contributed by atoms with van der Waals surface area (Å²) in [5.41, 5.74) is 0.430. The predicted octanol–water partition coefficient (Wildman–Crippen LogP) is 2.65. The molecule has 80 valence electrons. The summed E-state index contributed by atoms with van der Waals surface area (Å²) in [6.07, 6.45) is 5.85. The van der Waals surface area contributed by atoms with Gasteiger partial charge in [-0.15, -0.1) is 0 Å². The molecule has 0 aromatic heterocycles. The fourth-order valence-electron chi connectivity index (χ4n) is 1.95. The van der Waals surface area contributed by atoms with Gasteiger partial charge in [0.1, 0.15) is 0 Å². The van der Waals surface area contributed by atoms with Crippen LogP contribution in [0.25, 0.3) is 0 Å². The first-order chi connectivity index (χ1) is 6.37. The maximum Gasteiger partial charge on any atom is 0.243 e. The molecule has 0 bridgehead atoms. The van der Waals surface area contributed by atoms with Crippen LogP contribution in [-0.2, 0) is 4.79 Å². The fraction of sp³-hybridized carbons (Fsp3) is 0.750. The van der Waals surface area contributed by atoms with Crippen molar-refractivity contribution < 1.29 is 4.79 Å². The lowest BCUT2D eigenvalue weighted by atomic mass is 9.70. The van der Waals surface area contributed by atoms with Gasteiger partial charge in [0.05, 0.1) is 0 Å². The van der Waals surface area contributed by atoms with E-state index in [1.165, 1.54) is 18.9 Å². The number of rotatable bonds is 2. The lowest BCUT2D eigenvalue weighted by molar-refractivity contribution is -0.118. The van der Waals surface area contributed by atoms with Crippen LogP contribution in [0.15, 0.2) is 12.7 Å². The summed E-state index contributed by atoms with van der Waals surface area (Å²) in [6, 6.07) is 0. The molecule has 0 spiro atoms. The molecule has 0 heterocycles. The second-order valence-electron chi connectivity index (χ2n) is 5.42. The summed E-state index contributed by atoms with van der Waals surface area (Å²) < 4.78 is 0. The van der Waals surface area contributed by atoms with Gasteiger partial charge in [0.2, 0.25) is 5.91 Å². The molecule has 1 fully saturated rings. The van der Waals surface area contributed by atoms with Gasteiger partial charge in [-0.25, -0.2) is 0 Å². The smallest absolute Gasteiger partial charge is 0.243 e. The molecule has 0 aromatic rings. The fourth-order valence-corrected chi connectivity index (χ4v) is 1.95. The lowest BCUT2D eigenvalue weighted by Gasteiger charge is -2.41. The summed E-state index contributed by atoms with van der Waals surface area (Å²) in [7, 11) is 0. The zero-order valence-electron chi connectivity index (χ0n) is 9.52. The van der Waals surface area contributed by atoms with E-state index in [2.05, 4.69) is 32.7 Å². The average Bonchev–Trinajstić information content (AvgIpc) is 2.11. The molecular weight excluding hydrogens is 174 g/mol. The summed E-state index contributed by atoms with van der Waals surface area (Å²) in [6.45, 7) is 10.2. The molecule has 0 aromatic carbocycles. The first-order valence-corrected chi connectivity index (χ1v) is 5.32. The summed E-state index contributed by atoms with van der Waals surface area (Å²) in [5.74, 6) is -0.0489. The first kappa shape index (κ1) is 11.3. The highest BCUT2D eigenvalue weighted by molar-refractivity contribution is 5.87. The highest BCUT2D eigenvalue weighted by atomic mass is 16.1. The zero-order valence-corrected chi connectivity index (χ0v) is 9.52. The van der Waals surface area contributed by atoms with Crippen LogP contribution in [0.2, 0.25) is 0 Å². The Bertz CT molecular complexity index is 233. The van der Waals surface area contributed by atoms with Crippen LogP contribution in [0.4, 0.5) is 0 Å².